The molecule has 0 amide bonds. The maximum Gasteiger partial charge on any atom is 0.314 e. The summed E-state index contributed by atoms with van der Waals surface area (Å²) >= 11 is 0. The van der Waals surface area contributed by atoms with Crippen molar-refractivity contribution in [3.05, 3.63) is 53.1 Å². The summed E-state index contributed by atoms with van der Waals surface area (Å²) in [7, 11) is 0. The van der Waals surface area contributed by atoms with Gasteiger partial charge in [0.25, 0.3) is 0 Å². The van der Waals surface area contributed by atoms with Gasteiger partial charge in [0, 0.05) is 11.1 Å². The molecule has 0 saturated heterocycles. The summed E-state index contributed by atoms with van der Waals surface area (Å²) in [6.07, 6.45) is 1.67. The lowest BCUT2D eigenvalue weighted by atomic mass is 9.90. The molecule has 2 atom stereocenters. The van der Waals surface area contributed by atoms with E-state index in [9.17, 15) is 18.7 Å². The molecule has 138 valence electrons. The molecule has 5 heteroatoms. The molecule has 0 aliphatic carbocycles. The summed E-state index contributed by atoms with van der Waals surface area (Å²) < 4.78 is 34.7. The van der Waals surface area contributed by atoms with E-state index in [4.69, 9.17) is 4.74 Å². The van der Waals surface area contributed by atoms with Gasteiger partial charge in [0.05, 0.1) is 12.0 Å². The van der Waals surface area contributed by atoms with Crippen molar-refractivity contribution in [3.8, 4) is 16.9 Å². The van der Waals surface area contributed by atoms with Gasteiger partial charge in [-0.05, 0) is 36.5 Å². The minimum absolute atomic E-state index is 0.0422. The molecule has 2 aromatic carbocycles. The van der Waals surface area contributed by atoms with Crippen molar-refractivity contribution in [1.29, 1.82) is 0 Å². The van der Waals surface area contributed by atoms with E-state index in [0.29, 0.717) is 30.4 Å². The Labute approximate surface area is 151 Å². The molecule has 2 aromatic rings. The lowest BCUT2D eigenvalue weighted by Gasteiger charge is -2.24. The van der Waals surface area contributed by atoms with Crippen molar-refractivity contribution < 1.29 is 23.4 Å². The van der Waals surface area contributed by atoms with E-state index in [1.807, 2.05) is 6.92 Å². The quantitative estimate of drug-likeness (QED) is 0.606. The van der Waals surface area contributed by atoms with Gasteiger partial charge in [-0.3, -0.25) is 4.79 Å². The smallest absolute Gasteiger partial charge is 0.314 e. The molecule has 1 aliphatic rings. The van der Waals surface area contributed by atoms with Crippen LogP contribution in [0.3, 0.4) is 0 Å². The Morgan fingerprint density at radius 1 is 1.19 bits per heavy atom. The maximum atomic E-state index is 14.9. The number of carbonyl (C=O) groups is 1. The lowest BCUT2D eigenvalue weighted by Crippen LogP contribution is -2.28. The van der Waals surface area contributed by atoms with Crippen molar-refractivity contribution in [3.63, 3.8) is 0 Å². The van der Waals surface area contributed by atoms with E-state index in [2.05, 4.69) is 0 Å². The third-order valence-corrected chi connectivity index (χ3v) is 4.87. The highest BCUT2D eigenvalue weighted by atomic mass is 19.1. The van der Waals surface area contributed by atoms with Crippen LogP contribution in [0.1, 0.15) is 50.3 Å². The van der Waals surface area contributed by atoms with Gasteiger partial charge in [0.1, 0.15) is 5.82 Å². The molecular weight excluding hydrogens is 338 g/mol. The maximum absolute atomic E-state index is 14.9. The van der Waals surface area contributed by atoms with Crippen molar-refractivity contribution in [2.45, 2.75) is 45.6 Å². The zero-order valence-corrected chi connectivity index (χ0v) is 14.9. The second-order valence-electron chi connectivity index (χ2n) is 6.69. The molecule has 2 unspecified atom stereocenters. The predicted molar refractivity (Wildman–Crippen MR) is 94.8 cm³/mol. The summed E-state index contributed by atoms with van der Waals surface area (Å²) in [5, 5.41) is 9.83. The molecule has 0 spiro atoms. The van der Waals surface area contributed by atoms with Gasteiger partial charge < -0.3 is 9.84 Å². The van der Waals surface area contributed by atoms with Gasteiger partial charge in [-0.25, -0.2) is 8.78 Å². The third kappa shape index (κ3) is 3.36. The van der Waals surface area contributed by atoms with E-state index in [1.54, 1.807) is 19.1 Å². The Kier molecular flexibility index (Phi) is 5.37. The number of halogens is 2. The molecule has 26 heavy (non-hydrogen) atoms. The number of fused-ring (bicyclic) bond motifs is 1. The van der Waals surface area contributed by atoms with Crippen LogP contribution in [-0.2, 0) is 11.2 Å². The Hall–Kier alpha value is -2.27. The monoisotopic (exact) mass is 360 g/mol. The standard InChI is InChI=1S/C21H22F2O3/c1-3-5-14-10-13-7-9-16(19(23)20(13)26-21(14)25)15-8-6-12(11-17(15)22)18(24)4-2/h6-9,11,14,18,24H,3-5,10H2,1-2H3. The number of aliphatic hydroxyl groups excluding tert-OH is 1. The van der Waals surface area contributed by atoms with Gasteiger partial charge in [-0.15, -0.1) is 0 Å². The van der Waals surface area contributed by atoms with Crippen LogP contribution in [0.25, 0.3) is 11.1 Å². The first-order chi connectivity index (χ1) is 12.5. The van der Waals surface area contributed by atoms with Crippen LogP contribution in [0.5, 0.6) is 5.75 Å². The van der Waals surface area contributed by atoms with Crippen molar-refractivity contribution in [2.24, 2.45) is 5.92 Å². The van der Waals surface area contributed by atoms with Crippen LogP contribution < -0.4 is 4.74 Å². The van der Waals surface area contributed by atoms with Gasteiger partial charge in [-0.1, -0.05) is 44.5 Å². The molecule has 3 nitrogen and oxygen atoms in total. The normalized spacial score (nSPS) is 17.6. The number of aliphatic hydroxyl groups is 1. The number of hydrogen-bond donors (Lipinski definition) is 1. The predicted octanol–water partition coefficient (Wildman–Crippen LogP) is 4.95. The van der Waals surface area contributed by atoms with E-state index < -0.39 is 23.7 Å². The minimum Gasteiger partial charge on any atom is -0.423 e. The average molecular weight is 360 g/mol. The Morgan fingerprint density at radius 3 is 2.58 bits per heavy atom. The number of hydrogen-bond acceptors (Lipinski definition) is 3. The van der Waals surface area contributed by atoms with Crippen LogP contribution in [0, 0.1) is 17.6 Å². The van der Waals surface area contributed by atoms with Gasteiger partial charge in [0.2, 0.25) is 0 Å². The Bertz CT molecular complexity index is 832. The van der Waals surface area contributed by atoms with Crippen LogP contribution in [0.15, 0.2) is 30.3 Å². The van der Waals surface area contributed by atoms with Crippen molar-refractivity contribution in [1.82, 2.24) is 0 Å². The van der Waals surface area contributed by atoms with Crippen LogP contribution >= 0.6 is 0 Å². The molecule has 1 aliphatic heterocycles. The highest BCUT2D eigenvalue weighted by molar-refractivity contribution is 5.80. The van der Waals surface area contributed by atoms with Gasteiger partial charge >= 0.3 is 5.97 Å². The van der Waals surface area contributed by atoms with Crippen molar-refractivity contribution >= 4 is 5.97 Å². The zero-order valence-electron chi connectivity index (χ0n) is 14.9. The van der Waals surface area contributed by atoms with Crippen LogP contribution in [0.2, 0.25) is 0 Å². The van der Waals surface area contributed by atoms with E-state index in [1.165, 1.54) is 18.2 Å². The molecule has 0 aromatic heterocycles. The Balaban J connectivity index is 1.99. The number of benzene rings is 2. The second kappa shape index (κ2) is 7.54. The van der Waals surface area contributed by atoms with Gasteiger partial charge in [-0.2, -0.15) is 0 Å². The third-order valence-electron chi connectivity index (χ3n) is 4.87. The summed E-state index contributed by atoms with van der Waals surface area (Å²) in [6.45, 7) is 3.77. The Morgan fingerprint density at radius 2 is 1.92 bits per heavy atom. The molecule has 1 N–H and O–H groups in total. The fourth-order valence-electron chi connectivity index (χ4n) is 3.37. The first-order valence-corrected chi connectivity index (χ1v) is 8.97. The molecular formula is C21H22F2O3. The molecule has 0 fully saturated rings. The average Bonchev–Trinajstić information content (AvgIpc) is 2.63. The van der Waals surface area contributed by atoms with Gasteiger partial charge in [0.15, 0.2) is 11.6 Å². The topological polar surface area (TPSA) is 46.5 Å². The van der Waals surface area contributed by atoms with E-state index in [0.717, 1.165) is 6.42 Å². The van der Waals surface area contributed by atoms with Crippen LogP contribution in [-0.4, -0.2) is 11.1 Å². The molecule has 0 bridgehead atoms. The fourth-order valence-corrected chi connectivity index (χ4v) is 3.37. The number of rotatable bonds is 5. The molecule has 1 heterocycles. The van der Waals surface area contributed by atoms with E-state index in [-0.39, 0.29) is 22.8 Å². The molecule has 0 radical (unpaired) electrons. The summed E-state index contributed by atoms with van der Waals surface area (Å²) in [4.78, 5) is 12.1. The minimum atomic E-state index is -0.761. The zero-order chi connectivity index (χ0) is 18.8. The highest BCUT2D eigenvalue weighted by Gasteiger charge is 2.31. The van der Waals surface area contributed by atoms with Crippen molar-refractivity contribution in [2.75, 3.05) is 0 Å². The fraction of sp³-hybridized carbons (Fsp3) is 0.381. The number of carbonyl (C=O) groups excluding carboxylic acids is 1. The first-order valence-electron chi connectivity index (χ1n) is 8.97. The number of esters is 1. The van der Waals surface area contributed by atoms with E-state index >= 15 is 0 Å². The highest BCUT2D eigenvalue weighted by Crippen LogP contribution is 2.38. The summed E-state index contributed by atoms with van der Waals surface area (Å²) in [5.74, 6) is -2.15. The summed E-state index contributed by atoms with van der Waals surface area (Å²) in [6, 6.07) is 7.45. The lowest BCUT2D eigenvalue weighted by molar-refractivity contribution is -0.140. The molecule has 3 rings (SSSR count). The second-order valence-corrected chi connectivity index (χ2v) is 6.69. The first kappa shape index (κ1) is 18.5. The number of ether oxygens (including phenoxy) is 1. The summed E-state index contributed by atoms with van der Waals surface area (Å²) in [5.41, 5.74) is 1.19. The largest absolute Gasteiger partial charge is 0.423 e. The molecule has 0 saturated carbocycles. The SMILES string of the molecule is CCCC1Cc2ccc(-c3ccc(C(O)CC)cc3F)c(F)c2OC1=O. The van der Waals surface area contributed by atoms with Crippen LogP contribution in [0.4, 0.5) is 8.78 Å².